The van der Waals surface area contributed by atoms with E-state index in [-0.39, 0.29) is 30.8 Å². The SMILES string of the molecule is CCCNC(=O)C(CC)N(Cc1ccc(F)cc1)C(=O)COc1cccc(Cl)c1. The predicted molar refractivity (Wildman–Crippen MR) is 111 cm³/mol. The van der Waals surface area contributed by atoms with E-state index in [0.29, 0.717) is 23.7 Å². The molecule has 2 aromatic rings. The van der Waals surface area contributed by atoms with Gasteiger partial charge >= 0.3 is 0 Å². The summed E-state index contributed by atoms with van der Waals surface area (Å²) in [6.07, 6.45) is 1.24. The van der Waals surface area contributed by atoms with Crippen molar-refractivity contribution in [3.63, 3.8) is 0 Å². The lowest BCUT2D eigenvalue weighted by Gasteiger charge is -2.30. The molecule has 0 saturated heterocycles. The Kier molecular flexibility index (Phi) is 8.93. The number of carbonyl (C=O) groups is 2. The average Bonchev–Trinajstić information content (AvgIpc) is 2.71. The molecule has 0 radical (unpaired) electrons. The van der Waals surface area contributed by atoms with E-state index in [1.165, 1.54) is 17.0 Å². The standard InChI is InChI=1S/C22H26ClFN2O3/c1-3-12-25-22(28)20(4-2)26(14-16-8-10-18(24)11-9-16)21(27)15-29-19-7-5-6-17(23)13-19/h5-11,13,20H,3-4,12,14-15H2,1-2H3,(H,25,28). The maximum absolute atomic E-state index is 13.2. The van der Waals surface area contributed by atoms with Crippen LogP contribution in [0.2, 0.25) is 5.02 Å². The van der Waals surface area contributed by atoms with E-state index in [1.807, 2.05) is 13.8 Å². The number of carbonyl (C=O) groups excluding carboxylic acids is 2. The number of hydrogen-bond donors (Lipinski definition) is 1. The van der Waals surface area contributed by atoms with Crippen LogP contribution in [0.1, 0.15) is 32.3 Å². The topological polar surface area (TPSA) is 58.6 Å². The van der Waals surface area contributed by atoms with Crippen LogP contribution in [0.5, 0.6) is 5.75 Å². The minimum absolute atomic E-state index is 0.177. The first-order chi connectivity index (χ1) is 13.9. The molecule has 0 aliphatic rings. The van der Waals surface area contributed by atoms with Crippen molar-refractivity contribution in [2.75, 3.05) is 13.2 Å². The summed E-state index contributed by atoms with van der Waals surface area (Å²) in [4.78, 5) is 27.1. The van der Waals surface area contributed by atoms with Crippen LogP contribution < -0.4 is 10.1 Å². The molecule has 29 heavy (non-hydrogen) atoms. The molecule has 1 unspecified atom stereocenters. The predicted octanol–water partition coefficient (Wildman–Crippen LogP) is 4.19. The zero-order valence-corrected chi connectivity index (χ0v) is 17.4. The third kappa shape index (κ3) is 7.06. The molecule has 1 atom stereocenters. The number of rotatable bonds is 10. The van der Waals surface area contributed by atoms with Crippen molar-refractivity contribution in [3.05, 3.63) is 64.9 Å². The highest BCUT2D eigenvalue weighted by Crippen LogP contribution is 2.18. The highest BCUT2D eigenvalue weighted by molar-refractivity contribution is 6.30. The summed E-state index contributed by atoms with van der Waals surface area (Å²) in [5.74, 6) is -0.444. The number of amides is 2. The number of benzene rings is 2. The number of hydrogen-bond acceptors (Lipinski definition) is 3. The molecule has 5 nitrogen and oxygen atoms in total. The molecule has 0 aliphatic carbocycles. The molecule has 0 heterocycles. The van der Waals surface area contributed by atoms with E-state index in [9.17, 15) is 14.0 Å². The average molecular weight is 421 g/mol. The van der Waals surface area contributed by atoms with E-state index in [4.69, 9.17) is 16.3 Å². The quantitative estimate of drug-likeness (QED) is 0.627. The molecule has 7 heteroatoms. The van der Waals surface area contributed by atoms with Crippen LogP contribution in [0.15, 0.2) is 48.5 Å². The van der Waals surface area contributed by atoms with E-state index < -0.39 is 6.04 Å². The van der Waals surface area contributed by atoms with Crippen LogP contribution in [0.3, 0.4) is 0 Å². The molecule has 2 aromatic carbocycles. The van der Waals surface area contributed by atoms with Gasteiger partial charge in [-0.15, -0.1) is 0 Å². The van der Waals surface area contributed by atoms with Crippen LogP contribution in [-0.4, -0.2) is 35.9 Å². The Labute approximate surface area is 175 Å². The van der Waals surface area contributed by atoms with Crippen molar-refractivity contribution in [1.29, 1.82) is 0 Å². The van der Waals surface area contributed by atoms with Gasteiger partial charge in [0.25, 0.3) is 5.91 Å². The second kappa shape index (κ2) is 11.4. The van der Waals surface area contributed by atoms with E-state index in [2.05, 4.69) is 5.32 Å². The van der Waals surface area contributed by atoms with Gasteiger partial charge in [0.05, 0.1) is 0 Å². The summed E-state index contributed by atoms with van der Waals surface area (Å²) in [5.41, 5.74) is 0.726. The van der Waals surface area contributed by atoms with Crippen LogP contribution in [0, 0.1) is 5.82 Å². The second-order valence-corrected chi connectivity index (χ2v) is 7.05. The molecule has 2 rings (SSSR count). The Bertz CT molecular complexity index is 814. The molecule has 0 aliphatic heterocycles. The fourth-order valence-corrected chi connectivity index (χ4v) is 3.04. The molecule has 0 spiro atoms. The summed E-state index contributed by atoms with van der Waals surface area (Å²) in [7, 11) is 0. The maximum atomic E-state index is 13.2. The number of nitrogens with one attached hydrogen (secondary N) is 1. The first kappa shape index (κ1) is 22.7. The first-order valence-electron chi connectivity index (χ1n) is 9.64. The number of nitrogens with zero attached hydrogens (tertiary/aromatic N) is 1. The molecule has 156 valence electrons. The Morgan fingerprint density at radius 3 is 2.52 bits per heavy atom. The molecule has 0 saturated carbocycles. The third-order valence-electron chi connectivity index (χ3n) is 4.36. The van der Waals surface area contributed by atoms with Crippen molar-refractivity contribution in [2.24, 2.45) is 0 Å². The van der Waals surface area contributed by atoms with Gasteiger partial charge in [-0.25, -0.2) is 4.39 Å². The molecule has 2 amide bonds. The highest BCUT2D eigenvalue weighted by atomic mass is 35.5. The third-order valence-corrected chi connectivity index (χ3v) is 4.59. The molecule has 0 aromatic heterocycles. The van der Waals surface area contributed by atoms with Gasteiger partial charge in [0.15, 0.2) is 6.61 Å². The van der Waals surface area contributed by atoms with Gasteiger partial charge in [0, 0.05) is 18.1 Å². The summed E-state index contributed by atoms with van der Waals surface area (Å²) < 4.78 is 18.8. The molecule has 0 fully saturated rings. The van der Waals surface area contributed by atoms with Crippen molar-refractivity contribution >= 4 is 23.4 Å². The van der Waals surface area contributed by atoms with E-state index in [1.54, 1.807) is 36.4 Å². The van der Waals surface area contributed by atoms with Gasteiger partial charge in [0.1, 0.15) is 17.6 Å². The van der Waals surface area contributed by atoms with Crippen molar-refractivity contribution in [2.45, 2.75) is 39.3 Å². The lowest BCUT2D eigenvalue weighted by molar-refractivity contribution is -0.143. The molecular weight excluding hydrogens is 395 g/mol. The highest BCUT2D eigenvalue weighted by Gasteiger charge is 2.28. The summed E-state index contributed by atoms with van der Waals surface area (Å²) in [6.45, 7) is 4.28. The first-order valence-corrected chi connectivity index (χ1v) is 10.0. The fourth-order valence-electron chi connectivity index (χ4n) is 2.86. The lowest BCUT2D eigenvalue weighted by Crippen LogP contribution is -2.50. The summed E-state index contributed by atoms with van der Waals surface area (Å²) in [5, 5.41) is 3.35. The number of halogens is 2. The second-order valence-electron chi connectivity index (χ2n) is 6.61. The maximum Gasteiger partial charge on any atom is 0.261 e. The smallest absolute Gasteiger partial charge is 0.261 e. The summed E-state index contributed by atoms with van der Waals surface area (Å²) in [6, 6.07) is 12.0. The lowest BCUT2D eigenvalue weighted by atomic mass is 10.1. The van der Waals surface area contributed by atoms with Crippen molar-refractivity contribution in [1.82, 2.24) is 10.2 Å². The minimum Gasteiger partial charge on any atom is -0.484 e. The molecule has 0 bridgehead atoms. The van der Waals surface area contributed by atoms with Gasteiger partial charge in [-0.1, -0.05) is 43.6 Å². The van der Waals surface area contributed by atoms with Crippen LogP contribution in [-0.2, 0) is 16.1 Å². The zero-order valence-electron chi connectivity index (χ0n) is 16.7. The van der Waals surface area contributed by atoms with E-state index in [0.717, 1.165) is 12.0 Å². The van der Waals surface area contributed by atoms with Gasteiger partial charge < -0.3 is 15.0 Å². The monoisotopic (exact) mass is 420 g/mol. The van der Waals surface area contributed by atoms with Crippen LogP contribution in [0.25, 0.3) is 0 Å². The Balaban J connectivity index is 2.17. The minimum atomic E-state index is -0.651. The molecule has 1 N–H and O–H groups in total. The van der Waals surface area contributed by atoms with Crippen molar-refractivity contribution in [3.8, 4) is 5.75 Å². The van der Waals surface area contributed by atoms with Crippen molar-refractivity contribution < 1.29 is 18.7 Å². The molecular formula is C22H26ClFN2O3. The van der Waals surface area contributed by atoms with Crippen LogP contribution in [0.4, 0.5) is 4.39 Å². The fraction of sp³-hybridized carbons (Fsp3) is 0.364. The Morgan fingerprint density at radius 2 is 1.90 bits per heavy atom. The Morgan fingerprint density at radius 1 is 1.17 bits per heavy atom. The summed E-state index contributed by atoms with van der Waals surface area (Å²) >= 11 is 5.95. The van der Waals surface area contributed by atoms with E-state index >= 15 is 0 Å². The number of ether oxygens (including phenoxy) is 1. The zero-order chi connectivity index (χ0) is 21.2. The largest absolute Gasteiger partial charge is 0.484 e. The normalized spacial score (nSPS) is 11.6. The van der Waals surface area contributed by atoms with Gasteiger partial charge in [-0.3, -0.25) is 9.59 Å². The van der Waals surface area contributed by atoms with Crippen LogP contribution >= 0.6 is 11.6 Å². The van der Waals surface area contributed by atoms with Gasteiger partial charge in [-0.05, 0) is 48.7 Å². The van der Waals surface area contributed by atoms with Gasteiger partial charge in [0.2, 0.25) is 5.91 Å². The Hall–Kier alpha value is -2.60. The van der Waals surface area contributed by atoms with Gasteiger partial charge in [-0.2, -0.15) is 0 Å².